The maximum Gasteiger partial charge on any atom is 0.296 e. The Morgan fingerprint density at radius 2 is 1.77 bits per heavy atom. The molecule has 0 aliphatic heterocycles. The zero-order valence-electron chi connectivity index (χ0n) is 16.4. The van der Waals surface area contributed by atoms with Crippen LogP contribution in [0.15, 0.2) is 54.9 Å². The minimum absolute atomic E-state index is 0.333. The lowest BCUT2D eigenvalue weighted by Crippen LogP contribution is -2.22. The number of ether oxygens (including phenoxy) is 2. The number of methoxy groups -OCH3 is 2. The molecule has 0 atom stereocenters. The van der Waals surface area contributed by atoms with Crippen LogP contribution in [0.3, 0.4) is 0 Å². The largest absolute Gasteiger partial charge is 0.493 e. The summed E-state index contributed by atoms with van der Waals surface area (Å²) in [6, 6.07) is 12.8. The lowest BCUT2D eigenvalue weighted by molar-refractivity contribution is 0.356. The van der Waals surface area contributed by atoms with E-state index in [-0.39, 0.29) is 0 Å². The van der Waals surface area contributed by atoms with Crippen molar-refractivity contribution in [2.75, 3.05) is 18.9 Å². The molecule has 4 rings (SSSR count). The highest BCUT2D eigenvalue weighted by molar-refractivity contribution is 7.90. The van der Waals surface area contributed by atoms with Crippen LogP contribution in [0.25, 0.3) is 21.7 Å². The van der Waals surface area contributed by atoms with E-state index in [4.69, 9.17) is 14.6 Å². The summed E-state index contributed by atoms with van der Waals surface area (Å²) in [4.78, 5) is 9.01. The van der Waals surface area contributed by atoms with Crippen LogP contribution in [-0.2, 0) is 16.6 Å². The maximum atomic E-state index is 11.5. The van der Waals surface area contributed by atoms with E-state index in [1.54, 1.807) is 38.7 Å². The fourth-order valence-corrected chi connectivity index (χ4v) is 3.89. The molecule has 0 aliphatic rings. The molecule has 2 aromatic carbocycles. The molecule has 0 bridgehead atoms. The lowest BCUT2D eigenvalue weighted by atomic mass is 10.0. The standard InChI is InChI=1S/C21H20N4O4S/c1-28-19-9-15-12-23-11-14(17(15)10-20(19)29-2)8-16-7-6-13-4-3-5-18(21(13)24-16)25-30(22,26)27/h3-7,9-12,25H,8H2,1-2H3,(H2,22,26,27). The minimum atomic E-state index is -3.91. The summed E-state index contributed by atoms with van der Waals surface area (Å²) < 4.78 is 36.1. The van der Waals surface area contributed by atoms with Crippen molar-refractivity contribution >= 4 is 37.6 Å². The highest BCUT2D eigenvalue weighted by Crippen LogP contribution is 2.34. The van der Waals surface area contributed by atoms with E-state index in [0.29, 0.717) is 29.1 Å². The number of hydrogen-bond acceptors (Lipinski definition) is 6. The van der Waals surface area contributed by atoms with Gasteiger partial charge in [0, 0.05) is 35.3 Å². The number of nitrogens with one attached hydrogen (secondary N) is 1. The topological polar surface area (TPSA) is 116 Å². The Bertz CT molecular complexity index is 1360. The van der Waals surface area contributed by atoms with Crippen molar-refractivity contribution in [2.24, 2.45) is 5.14 Å². The van der Waals surface area contributed by atoms with Gasteiger partial charge in [-0.05, 0) is 35.2 Å². The van der Waals surface area contributed by atoms with Gasteiger partial charge in [-0.2, -0.15) is 8.42 Å². The zero-order chi connectivity index (χ0) is 21.3. The second-order valence-corrected chi connectivity index (χ2v) is 8.02. The summed E-state index contributed by atoms with van der Waals surface area (Å²) >= 11 is 0. The fourth-order valence-electron chi connectivity index (χ4n) is 3.41. The molecule has 0 radical (unpaired) electrons. The Hall–Kier alpha value is -3.43. The average Bonchev–Trinajstić information content (AvgIpc) is 2.72. The van der Waals surface area contributed by atoms with E-state index in [1.165, 1.54) is 0 Å². The molecule has 4 aromatic rings. The summed E-state index contributed by atoms with van der Waals surface area (Å²) in [6.45, 7) is 0. The summed E-state index contributed by atoms with van der Waals surface area (Å²) in [7, 11) is -0.726. The number of rotatable bonds is 6. The number of aromatic nitrogens is 2. The molecule has 0 spiro atoms. The van der Waals surface area contributed by atoms with Gasteiger partial charge in [0.1, 0.15) is 0 Å². The molecule has 0 saturated carbocycles. The van der Waals surface area contributed by atoms with Gasteiger partial charge in [-0.1, -0.05) is 18.2 Å². The van der Waals surface area contributed by atoms with Gasteiger partial charge in [0.2, 0.25) is 0 Å². The van der Waals surface area contributed by atoms with Crippen molar-refractivity contribution in [3.63, 3.8) is 0 Å². The predicted octanol–water partition coefficient (Wildman–Crippen LogP) is 3.01. The molecule has 9 heteroatoms. The number of pyridine rings is 2. The van der Waals surface area contributed by atoms with E-state index >= 15 is 0 Å². The Kier molecular flexibility index (Phi) is 5.15. The van der Waals surface area contributed by atoms with E-state index in [1.807, 2.05) is 30.3 Å². The first-order valence-corrected chi connectivity index (χ1v) is 10.6. The van der Waals surface area contributed by atoms with E-state index in [2.05, 4.69) is 14.7 Å². The summed E-state index contributed by atoms with van der Waals surface area (Å²) in [5, 5.41) is 7.83. The van der Waals surface area contributed by atoms with Crippen LogP contribution in [0.1, 0.15) is 11.3 Å². The van der Waals surface area contributed by atoms with Crippen molar-refractivity contribution < 1.29 is 17.9 Å². The Labute approximate surface area is 173 Å². The van der Waals surface area contributed by atoms with Gasteiger partial charge in [0.15, 0.2) is 11.5 Å². The number of anilines is 1. The van der Waals surface area contributed by atoms with Crippen LogP contribution in [-0.4, -0.2) is 32.6 Å². The number of nitrogens with two attached hydrogens (primary N) is 1. The summed E-state index contributed by atoms with van der Waals surface area (Å²) in [5.41, 5.74) is 2.57. The Morgan fingerprint density at radius 1 is 1.00 bits per heavy atom. The number of fused-ring (bicyclic) bond motifs is 2. The first kappa shape index (κ1) is 19.9. The van der Waals surface area contributed by atoms with Crippen molar-refractivity contribution in [1.29, 1.82) is 0 Å². The third-order valence-corrected chi connectivity index (χ3v) is 5.25. The first-order chi connectivity index (χ1) is 14.4. The molecule has 8 nitrogen and oxygen atoms in total. The van der Waals surface area contributed by atoms with Crippen molar-refractivity contribution in [3.05, 3.63) is 66.1 Å². The molecule has 2 heterocycles. The number of para-hydroxylation sites is 1. The molecule has 0 amide bonds. The van der Waals surface area contributed by atoms with Gasteiger partial charge < -0.3 is 9.47 Å². The molecule has 0 fully saturated rings. The smallest absolute Gasteiger partial charge is 0.296 e. The van der Waals surface area contributed by atoms with E-state index in [0.717, 1.165) is 27.4 Å². The molecule has 2 aromatic heterocycles. The van der Waals surface area contributed by atoms with E-state index < -0.39 is 10.2 Å². The summed E-state index contributed by atoms with van der Waals surface area (Å²) in [6.07, 6.45) is 4.05. The average molecular weight is 424 g/mol. The van der Waals surface area contributed by atoms with Crippen LogP contribution in [0.2, 0.25) is 0 Å². The monoisotopic (exact) mass is 424 g/mol. The molecular weight excluding hydrogens is 404 g/mol. The predicted molar refractivity (Wildman–Crippen MR) is 116 cm³/mol. The Balaban J connectivity index is 1.79. The third-order valence-electron chi connectivity index (χ3n) is 4.75. The zero-order valence-corrected chi connectivity index (χ0v) is 17.2. The molecule has 0 aliphatic carbocycles. The Morgan fingerprint density at radius 3 is 2.50 bits per heavy atom. The van der Waals surface area contributed by atoms with Crippen LogP contribution in [0.5, 0.6) is 11.5 Å². The molecule has 154 valence electrons. The highest BCUT2D eigenvalue weighted by Gasteiger charge is 2.12. The lowest BCUT2D eigenvalue weighted by Gasteiger charge is -2.12. The van der Waals surface area contributed by atoms with Gasteiger partial charge in [0.25, 0.3) is 10.2 Å². The summed E-state index contributed by atoms with van der Waals surface area (Å²) in [5.74, 6) is 1.26. The van der Waals surface area contributed by atoms with Crippen LogP contribution in [0, 0.1) is 0 Å². The molecule has 3 N–H and O–H groups in total. The van der Waals surface area contributed by atoms with Gasteiger partial charge in [-0.25, -0.2) is 5.14 Å². The third kappa shape index (κ3) is 3.98. The molecule has 30 heavy (non-hydrogen) atoms. The van der Waals surface area contributed by atoms with Gasteiger partial charge in [-0.15, -0.1) is 0 Å². The van der Waals surface area contributed by atoms with Gasteiger partial charge in [0.05, 0.1) is 25.4 Å². The highest BCUT2D eigenvalue weighted by atomic mass is 32.2. The normalized spacial score (nSPS) is 11.6. The van der Waals surface area contributed by atoms with E-state index in [9.17, 15) is 8.42 Å². The van der Waals surface area contributed by atoms with Crippen LogP contribution >= 0.6 is 0 Å². The van der Waals surface area contributed by atoms with Gasteiger partial charge >= 0.3 is 0 Å². The number of benzene rings is 2. The number of nitrogens with zero attached hydrogens (tertiary/aromatic N) is 2. The second kappa shape index (κ2) is 7.77. The molecule has 0 saturated heterocycles. The van der Waals surface area contributed by atoms with Crippen molar-refractivity contribution in [2.45, 2.75) is 6.42 Å². The van der Waals surface area contributed by atoms with Crippen LogP contribution < -0.4 is 19.3 Å². The number of hydrogen-bond donors (Lipinski definition) is 2. The first-order valence-electron chi connectivity index (χ1n) is 9.06. The quantitative estimate of drug-likeness (QED) is 0.491. The van der Waals surface area contributed by atoms with Crippen molar-refractivity contribution in [3.8, 4) is 11.5 Å². The van der Waals surface area contributed by atoms with Crippen molar-refractivity contribution in [1.82, 2.24) is 9.97 Å². The second-order valence-electron chi connectivity index (χ2n) is 6.73. The minimum Gasteiger partial charge on any atom is -0.493 e. The molecular formula is C21H20N4O4S. The molecule has 0 unspecified atom stereocenters. The van der Waals surface area contributed by atoms with Gasteiger partial charge in [-0.3, -0.25) is 14.7 Å². The fraction of sp³-hybridized carbons (Fsp3) is 0.143. The van der Waals surface area contributed by atoms with Crippen LogP contribution in [0.4, 0.5) is 5.69 Å². The maximum absolute atomic E-state index is 11.5. The SMILES string of the molecule is COc1cc2cncc(Cc3ccc4cccc(NS(N)(=O)=O)c4n3)c2cc1OC.